The number of hydrogen-bond acceptors (Lipinski definition) is 2. The van der Waals surface area contributed by atoms with Crippen LogP contribution >= 0.6 is 12.4 Å². The van der Waals surface area contributed by atoms with Crippen molar-refractivity contribution in [3.63, 3.8) is 0 Å². The van der Waals surface area contributed by atoms with Crippen LogP contribution < -0.4 is 10.6 Å². The monoisotopic (exact) mass is 362 g/mol. The summed E-state index contributed by atoms with van der Waals surface area (Å²) in [5.41, 5.74) is 1.15. The van der Waals surface area contributed by atoms with Crippen molar-refractivity contribution in [3.05, 3.63) is 35.9 Å². The smallest absolute Gasteiger partial charge is 0.227 e. The lowest BCUT2D eigenvalue weighted by Crippen LogP contribution is -2.56. The lowest BCUT2D eigenvalue weighted by Gasteiger charge is -2.40. The highest BCUT2D eigenvalue weighted by molar-refractivity contribution is 5.85. The van der Waals surface area contributed by atoms with Crippen molar-refractivity contribution in [1.82, 2.24) is 10.6 Å². The standard InChI is InChI=1S/C21H30N2O.ClH/c1-15-19(8-5-11-22-15)23-20(24)21(13-16-6-3-2-4-7-16)14-17-9-10-18(21)12-17;/h2-4,6-7,15,17-19,22H,5,8-14H2,1H3,(H,23,24);1H. The van der Waals surface area contributed by atoms with E-state index in [-0.39, 0.29) is 23.9 Å². The highest BCUT2D eigenvalue weighted by Crippen LogP contribution is 2.57. The van der Waals surface area contributed by atoms with Gasteiger partial charge in [-0.2, -0.15) is 0 Å². The first-order valence-corrected chi connectivity index (χ1v) is 9.76. The van der Waals surface area contributed by atoms with Crippen LogP contribution in [-0.2, 0) is 11.2 Å². The zero-order valence-corrected chi connectivity index (χ0v) is 16.0. The van der Waals surface area contributed by atoms with Crippen LogP contribution in [0.15, 0.2) is 30.3 Å². The third-order valence-corrected chi connectivity index (χ3v) is 6.87. The molecule has 0 radical (unpaired) electrons. The molecule has 2 aliphatic carbocycles. The lowest BCUT2D eigenvalue weighted by atomic mass is 9.68. The molecule has 1 amide bonds. The molecule has 138 valence electrons. The molecule has 5 unspecified atom stereocenters. The van der Waals surface area contributed by atoms with Gasteiger partial charge in [0.05, 0.1) is 5.41 Å². The van der Waals surface area contributed by atoms with Gasteiger partial charge in [0.1, 0.15) is 0 Å². The molecule has 1 aliphatic heterocycles. The number of fused-ring (bicyclic) bond motifs is 2. The van der Waals surface area contributed by atoms with Gasteiger partial charge >= 0.3 is 0 Å². The maximum absolute atomic E-state index is 13.4. The number of piperidine rings is 1. The van der Waals surface area contributed by atoms with Gasteiger partial charge in [0.15, 0.2) is 0 Å². The SMILES string of the molecule is CC1NCCCC1NC(=O)C1(Cc2ccccc2)CC2CCC1C2.Cl. The molecule has 3 fully saturated rings. The number of hydrogen-bond donors (Lipinski definition) is 2. The van der Waals surface area contributed by atoms with E-state index in [1.165, 1.54) is 24.8 Å². The Morgan fingerprint density at radius 2 is 2.04 bits per heavy atom. The van der Waals surface area contributed by atoms with Crippen molar-refractivity contribution in [2.45, 2.75) is 64.0 Å². The molecule has 2 N–H and O–H groups in total. The van der Waals surface area contributed by atoms with E-state index in [1.807, 2.05) is 0 Å². The van der Waals surface area contributed by atoms with Gasteiger partial charge in [-0.3, -0.25) is 4.79 Å². The van der Waals surface area contributed by atoms with Crippen LogP contribution in [0.2, 0.25) is 0 Å². The number of benzene rings is 1. The molecular weight excluding hydrogens is 332 g/mol. The fourth-order valence-corrected chi connectivity index (χ4v) is 5.53. The predicted molar refractivity (Wildman–Crippen MR) is 104 cm³/mol. The second-order valence-corrected chi connectivity index (χ2v) is 8.36. The van der Waals surface area contributed by atoms with Gasteiger partial charge in [0.25, 0.3) is 0 Å². The van der Waals surface area contributed by atoms with E-state index in [0.29, 0.717) is 17.9 Å². The van der Waals surface area contributed by atoms with Gasteiger partial charge in [0.2, 0.25) is 5.91 Å². The molecule has 25 heavy (non-hydrogen) atoms. The summed E-state index contributed by atoms with van der Waals surface area (Å²) in [6.07, 6.45) is 8.10. The molecule has 0 aromatic heterocycles. The fourth-order valence-electron chi connectivity index (χ4n) is 5.53. The Hall–Kier alpha value is -1.06. The number of nitrogens with one attached hydrogen (secondary N) is 2. The van der Waals surface area contributed by atoms with E-state index < -0.39 is 0 Å². The summed E-state index contributed by atoms with van der Waals surface area (Å²) in [6.45, 7) is 3.28. The Morgan fingerprint density at radius 3 is 2.68 bits per heavy atom. The van der Waals surface area contributed by atoms with Crippen LogP contribution in [0.3, 0.4) is 0 Å². The zero-order valence-electron chi connectivity index (χ0n) is 15.2. The third kappa shape index (κ3) is 3.59. The average Bonchev–Trinajstić information content (AvgIpc) is 3.19. The van der Waals surface area contributed by atoms with Gasteiger partial charge in [0, 0.05) is 12.1 Å². The summed E-state index contributed by atoms with van der Waals surface area (Å²) in [7, 11) is 0. The molecule has 1 aromatic rings. The second kappa shape index (κ2) is 7.67. The average molecular weight is 363 g/mol. The quantitative estimate of drug-likeness (QED) is 0.857. The Bertz CT molecular complexity index is 593. The van der Waals surface area contributed by atoms with Crippen molar-refractivity contribution >= 4 is 18.3 Å². The molecular formula is C21H31ClN2O. The minimum Gasteiger partial charge on any atom is -0.351 e. The van der Waals surface area contributed by atoms with Gasteiger partial charge in [-0.25, -0.2) is 0 Å². The summed E-state index contributed by atoms with van der Waals surface area (Å²) in [4.78, 5) is 13.4. The molecule has 1 heterocycles. The van der Waals surface area contributed by atoms with Crippen molar-refractivity contribution in [3.8, 4) is 0 Å². The maximum atomic E-state index is 13.4. The summed E-state index contributed by atoms with van der Waals surface area (Å²) in [5, 5.41) is 6.96. The first-order chi connectivity index (χ1) is 11.7. The highest BCUT2D eigenvalue weighted by atomic mass is 35.5. The van der Waals surface area contributed by atoms with Crippen LogP contribution in [0.1, 0.15) is 51.0 Å². The van der Waals surface area contributed by atoms with Gasteiger partial charge < -0.3 is 10.6 Å². The van der Waals surface area contributed by atoms with Crippen molar-refractivity contribution in [2.75, 3.05) is 6.54 Å². The molecule has 2 bridgehead atoms. The second-order valence-electron chi connectivity index (χ2n) is 8.36. The summed E-state index contributed by atoms with van der Waals surface area (Å²) in [6, 6.07) is 11.3. The minimum atomic E-state index is -0.165. The van der Waals surface area contributed by atoms with E-state index in [0.717, 1.165) is 38.1 Å². The first-order valence-electron chi connectivity index (χ1n) is 9.76. The maximum Gasteiger partial charge on any atom is 0.227 e. The van der Waals surface area contributed by atoms with Gasteiger partial charge in [-0.05, 0) is 69.4 Å². The van der Waals surface area contributed by atoms with Crippen molar-refractivity contribution in [1.29, 1.82) is 0 Å². The van der Waals surface area contributed by atoms with Crippen LogP contribution in [-0.4, -0.2) is 24.5 Å². The van der Waals surface area contributed by atoms with E-state index in [9.17, 15) is 4.79 Å². The molecule has 1 saturated heterocycles. The fraction of sp³-hybridized carbons (Fsp3) is 0.667. The van der Waals surface area contributed by atoms with Crippen LogP contribution in [0.5, 0.6) is 0 Å². The molecule has 4 heteroatoms. The number of amides is 1. The van der Waals surface area contributed by atoms with Gasteiger partial charge in [-0.15, -0.1) is 12.4 Å². The number of halogens is 1. The molecule has 5 atom stereocenters. The van der Waals surface area contributed by atoms with Crippen LogP contribution in [0.4, 0.5) is 0 Å². The molecule has 0 spiro atoms. The van der Waals surface area contributed by atoms with Crippen LogP contribution in [0, 0.1) is 17.3 Å². The number of rotatable bonds is 4. The largest absolute Gasteiger partial charge is 0.351 e. The Balaban J connectivity index is 0.00000182. The molecule has 4 rings (SSSR count). The molecule has 3 aliphatic rings. The first kappa shape index (κ1) is 18.7. The summed E-state index contributed by atoms with van der Waals surface area (Å²) >= 11 is 0. The highest BCUT2D eigenvalue weighted by Gasteiger charge is 2.55. The van der Waals surface area contributed by atoms with Crippen molar-refractivity contribution in [2.24, 2.45) is 17.3 Å². The van der Waals surface area contributed by atoms with E-state index >= 15 is 0 Å². The molecule has 1 aromatic carbocycles. The molecule has 2 saturated carbocycles. The van der Waals surface area contributed by atoms with E-state index in [2.05, 4.69) is 47.9 Å². The molecule has 3 nitrogen and oxygen atoms in total. The lowest BCUT2D eigenvalue weighted by molar-refractivity contribution is -0.135. The number of carbonyl (C=O) groups excluding carboxylic acids is 1. The minimum absolute atomic E-state index is 0. The van der Waals surface area contributed by atoms with Gasteiger partial charge in [-0.1, -0.05) is 36.8 Å². The zero-order chi connectivity index (χ0) is 16.6. The Labute approximate surface area is 157 Å². The number of carbonyl (C=O) groups is 1. The Kier molecular flexibility index (Phi) is 5.75. The summed E-state index contributed by atoms with van der Waals surface area (Å²) < 4.78 is 0. The topological polar surface area (TPSA) is 41.1 Å². The Morgan fingerprint density at radius 1 is 1.24 bits per heavy atom. The predicted octanol–water partition coefficient (Wildman–Crippen LogP) is 3.71. The van der Waals surface area contributed by atoms with E-state index in [1.54, 1.807) is 0 Å². The summed E-state index contributed by atoms with van der Waals surface area (Å²) in [5.74, 6) is 1.68. The van der Waals surface area contributed by atoms with Crippen LogP contribution in [0.25, 0.3) is 0 Å². The normalized spacial score (nSPS) is 36.7. The van der Waals surface area contributed by atoms with Crippen molar-refractivity contribution < 1.29 is 4.79 Å². The third-order valence-electron chi connectivity index (χ3n) is 6.87. The van der Waals surface area contributed by atoms with E-state index in [4.69, 9.17) is 0 Å².